The van der Waals surface area contributed by atoms with Crippen LogP contribution in [0.25, 0.3) is 0 Å². The Labute approximate surface area is 219 Å². The van der Waals surface area contributed by atoms with Crippen LogP contribution in [-0.2, 0) is 22.7 Å². The van der Waals surface area contributed by atoms with E-state index in [1.54, 1.807) is 30.1 Å². The number of nitrogens with zero attached hydrogens (tertiary/aromatic N) is 2. The van der Waals surface area contributed by atoms with E-state index in [4.69, 9.17) is 4.74 Å². The highest BCUT2D eigenvalue weighted by atomic mass is 19.3. The van der Waals surface area contributed by atoms with Crippen molar-refractivity contribution in [2.75, 3.05) is 20.2 Å². The fraction of sp³-hybridized carbons (Fsp3) is 0.464. The first-order valence-electron chi connectivity index (χ1n) is 12.8. The molecule has 2 aliphatic heterocycles. The van der Waals surface area contributed by atoms with Crippen molar-refractivity contribution in [1.82, 2.24) is 15.1 Å². The third kappa shape index (κ3) is 5.58. The number of ether oxygens (including phenoxy) is 2. The van der Waals surface area contributed by atoms with Crippen LogP contribution in [0, 0.1) is 5.92 Å². The second-order valence-electron chi connectivity index (χ2n) is 10.3. The minimum absolute atomic E-state index is 0.0286. The lowest BCUT2D eigenvalue weighted by Crippen LogP contribution is -2.44. The number of hydrogen-bond acceptors (Lipinski definition) is 5. The molecule has 0 unspecified atom stereocenters. The van der Waals surface area contributed by atoms with Gasteiger partial charge in [0.1, 0.15) is 6.04 Å². The number of carbonyl (C=O) groups excluding carboxylic acids is 3. The maximum atomic E-state index is 13.2. The second kappa shape index (κ2) is 10.6. The van der Waals surface area contributed by atoms with Crippen molar-refractivity contribution in [1.29, 1.82) is 0 Å². The highest BCUT2D eigenvalue weighted by Crippen LogP contribution is 2.39. The first kappa shape index (κ1) is 25.9. The maximum Gasteiger partial charge on any atom is 0.387 e. The van der Waals surface area contributed by atoms with Gasteiger partial charge in [-0.1, -0.05) is 18.2 Å². The lowest BCUT2D eigenvalue weighted by Gasteiger charge is -2.22. The summed E-state index contributed by atoms with van der Waals surface area (Å²) in [5, 5.41) is 2.91. The van der Waals surface area contributed by atoms with Crippen LogP contribution in [0.4, 0.5) is 8.78 Å². The summed E-state index contributed by atoms with van der Waals surface area (Å²) in [6.07, 6.45) is 2.49. The number of alkyl halides is 2. The third-order valence-corrected chi connectivity index (χ3v) is 7.46. The largest absolute Gasteiger partial charge is 0.489 e. The topological polar surface area (TPSA) is 88.2 Å². The first-order chi connectivity index (χ1) is 18.2. The van der Waals surface area contributed by atoms with Crippen LogP contribution in [0.1, 0.15) is 59.2 Å². The minimum Gasteiger partial charge on any atom is -0.489 e. The van der Waals surface area contributed by atoms with E-state index >= 15 is 0 Å². The number of rotatable bonds is 9. The van der Waals surface area contributed by atoms with Gasteiger partial charge in [0.15, 0.2) is 11.5 Å². The molecule has 8 nitrogen and oxygen atoms in total. The average Bonchev–Trinajstić information content (AvgIpc) is 3.53. The summed E-state index contributed by atoms with van der Waals surface area (Å²) in [7, 11) is 1.75. The molecule has 2 atom stereocenters. The lowest BCUT2D eigenvalue weighted by atomic mass is 9.95. The molecule has 0 bridgehead atoms. The van der Waals surface area contributed by atoms with Crippen LogP contribution in [-0.4, -0.2) is 60.4 Å². The zero-order valence-electron chi connectivity index (χ0n) is 21.4. The maximum absolute atomic E-state index is 13.2. The molecular weight excluding hydrogens is 496 g/mol. The lowest BCUT2D eigenvalue weighted by molar-refractivity contribution is -0.136. The molecule has 3 aliphatic rings. The number of fused-ring (bicyclic) bond motifs is 1. The zero-order chi connectivity index (χ0) is 27.0. The van der Waals surface area contributed by atoms with Gasteiger partial charge in [-0.15, -0.1) is 0 Å². The molecule has 1 saturated heterocycles. The zero-order valence-corrected chi connectivity index (χ0v) is 21.4. The number of halogens is 2. The molecule has 2 aromatic carbocycles. The van der Waals surface area contributed by atoms with E-state index in [2.05, 4.69) is 10.1 Å². The van der Waals surface area contributed by atoms with E-state index in [0.717, 1.165) is 29.5 Å². The molecule has 1 aliphatic carbocycles. The summed E-state index contributed by atoms with van der Waals surface area (Å²) in [6.45, 7) is 0.0128. The van der Waals surface area contributed by atoms with Gasteiger partial charge in [0.05, 0.1) is 6.61 Å². The Morgan fingerprint density at radius 2 is 1.92 bits per heavy atom. The molecule has 2 heterocycles. The van der Waals surface area contributed by atoms with E-state index in [-0.39, 0.29) is 41.7 Å². The van der Waals surface area contributed by atoms with Gasteiger partial charge in [0, 0.05) is 45.1 Å². The Hall–Kier alpha value is -3.69. The fourth-order valence-electron chi connectivity index (χ4n) is 5.16. The molecule has 0 radical (unpaired) electrons. The van der Waals surface area contributed by atoms with E-state index in [9.17, 15) is 23.2 Å². The van der Waals surface area contributed by atoms with Gasteiger partial charge in [-0.2, -0.15) is 8.78 Å². The Morgan fingerprint density at radius 1 is 1.13 bits per heavy atom. The van der Waals surface area contributed by atoms with Crippen molar-refractivity contribution in [3.05, 3.63) is 58.7 Å². The third-order valence-electron chi connectivity index (χ3n) is 7.46. The second-order valence-corrected chi connectivity index (χ2v) is 10.3. The van der Waals surface area contributed by atoms with Crippen molar-refractivity contribution in [2.24, 2.45) is 5.92 Å². The first-order valence-corrected chi connectivity index (χ1v) is 12.8. The van der Waals surface area contributed by atoms with E-state index in [0.29, 0.717) is 37.6 Å². The molecule has 5 rings (SSSR count). The number of amides is 3. The molecule has 202 valence electrons. The predicted octanol–water partition coefficient (Wildman–Crippen LogP) is 3.68. The number of benzene rings is 2. The van der Waals surface area contributed by atoms with Crippen LogP contribution in [0.15, 0.2) is 36.4 Å². The van der Waals surface area contributed by atoms with Crippen LogP contribution < -0.4 is 14.8 Å². The predicted molar refractivity (Wildman–Crippen MR) is 134 cm³/mol. The molecule has 10 heteroatoms. The van der Waals surface area contributed by atoms with Gasteiger partial charge >= 0.3 is 6.61 Å². The molecule has 3 amide bonds. The number of carbonyl (C=O) groups is 3. The van der Waals surface area contributed by atoms with Crippen LogP contribution in [0.3, 0.4) is 0 Å². The van der Waals surface area contributed by atoms with Gasteiger partial charge in [-0.05, 0) is 60.1 Å². The summed E-state index contributed by atoms with van der Waals surface area (Å²) in [5.41, 5.74) is 3.20. The van der Waals surface area contributed by atoms with Gasteiger partial charge in [-0.25, -0.2) is 0 Å². The molecule has 2 aromatic rings. The van der Waals surface area contributed by atoms with Crippen LogP contribution in [0.2, 0.25) is 0 Å². The average molecular weight is 528 g/mol. The molecule has 0 aromatic heterocycles. The summed E-state index contributed by atoms with van der Waals surface area (Å²) in [6, 6.07) is 9.74. The Morgan fingerprint density at radius 3 is 2.63 bits per heavy atom. The normalized spacial score (nSPS) is 20.6. The van der Waals surface area contributed by atoms with Crippen molar-refractivity contribution < 1.29 is 32.6 Å². The van der Waals surface area contributed by atoms with Gasteiger partial charge in [-0.3, -0.25) is 14.4 Å². The van der Waals surface area contributed by atoms with Crippen molar-refractivity contribution in [3.63, 3.8) is 0 Å². The van der Waals surface area contributed by atoms with Gasteiger partial charge in [0.25, 0.3) is 5.91 Å². The van der Waals surface area contributed by atoms with Gasteiger partial charge < -0.3 is 24.6 Å². The fourth-order valence-corrected chi connectivity index (χ4v) is 5.16. The SMILES string of the molecule is CC(=O)N1C[C@H](c2ccc(OC(F)F)c(OCC3CC3)c2)C[C@@H]1C(=O)NCc1ccc2c(c1)C(=O)N(C)C2. The van der Waals surface area contributed by atoms with Crippen molar-refractivity contribution >= 4 is 17.7 Å². The Balaban J connectivity index is 1.28. The molecule has 0 spiro atoms. The van der Waals surface area contributed by atoms with Crippen molar-refractivity contribution in [3.8, 4) is 11.5 Å². The summed E-state index contributed by atoms with van der Waals surface area (Å²) >= 11 is 0. The van der Waals surface area contributed by atoms with E-state index < -0.39 is 12.7 Å². The number of nitrogens with one attached hydrogen (secondary N) is 1. The standard InChI is InChI=1S/C28H31F2N3O5/c1-16(34)33-14-21(19-7-8-24(38-28(29)30)25(11-19)37-15-17-3-4-17)10-23(33)26(35)31-12-18-5-6-20-13-32(2)27(36)22(20)9-18/h5-9,11,17,21,23,28H,3-4,10,12-15H2,1-2H3,(H,31,35)/t21-,23-/m1/s1. The Bertz CT molecular complexity index is 1250. The summed E-state index contributed by atoms with van der Waals surface area (Å²) in [4.78, 5) is 41.1. The molecule has 1 N–H and O–H groups in total. The quantitative estimate of drug-likeness (QED) is 0.538. The highest BCUT2D eigenvalue weighted by Gasteiger charge is 2.39. The number of hydrogen-bond donors (Lipinski definition) is 1. The van der Waals surface area contributed by atoms with Gasteiger partial charge in [0.2, 0.25) is 11.8 Å². The minimum atomic E-state index is -2.97. The van der Waals surface area contributed by atoms with E-state index in [1.165, 1.54) is 17.9 Å². The van der Waals surface area contributed by atoms with E-state index in [1.807, 2.05) is 12.1 Å². The smallest absolute Gasteiger partial charge is 0.387 e. The van der Waals surface area contributed by atoms with Crippen LogP contribution in [0.5, 0.6) is 11.5 Å². The molecule has 38 heavy (non-hydrogen) atoms. The molecule has 1 saturated carbocycles. The van der Waals surface area contributed by atoms with Crippen molar-refractivity contribution in [2.45, 2.75) is 57.8 Å². The molecular formula is C28H31F2N3O5. The summed E-state index contributed by atoms with van der Waals surface area (Å²) in [5.74, 6) is -0.0775. The highest BCUT2D eigenvalue weighted by molar-refractivity contribution is 5.98. The molecule has 2 fully saturated rings. The Kier molecular flexibility index (Phi) is 7.23. The van der Waals surface area contributed by atoms with Crippen LogP contribution >= 0.6 is 0 Å². The number of likely N-dealkylation sites (tertiary alicyclic amines) is 1. The monoisotopic (exact) mass is 527 g/mol. The summed E-state index contributed by atoms with van der Waals surface area (Å²) < 4.78 is 36.2.